The van der Waals surface area contributed by atoms with Gasteiger partial charge < -0.3 is 37.9 Å². The number of carbonyl (C=O) groups excluding carboxylic acids is 4. The molecule has 2 aromatic carbocycles. The van der Waals surface area contributed by atoms with Gasteiger partial charge in [-0.1, -0.05) is 60.7 Å². The quantitative estimate of drug-likeness (QED) is 0.175. The fraction of sp³-hybridized carbons (Fsp3) is 0.474. The molecule has 2 aliphatic rings. The van der Waals surface area contributed by atoms with Crippen LogP contribution in [0.4, 0.5) is 0 Å². The predicted molar refractivity (Wildman–Crippen MR) is 186 cm³/mol. The van der Waals surface area contributed by atoms with Gasteiger partial charge in [0, 0.05) is 45.9 Å². The Morgan fingerprint density at radius 3 is 1.83 bits per heavy atom. The molecule has 2 fully saturated rings. The molecule has 290 valence electrons. The molecule has 2 saturated heterocycles. The molecule has 54 heavy (non-hydrogen) atoms. The lowest BCUT2D eigenvalue weighted by Crippen LogP contribution is -2.62. The molecule has 0 amide bonds. The first kappa shape index (κ1) is 40.0. The standard InChI is InChI=1S/C38H44N2O14/c1-22(41)48-21-31-35(51-24(3)43)36(52-25(4)44)34(49-19-27-13-9-6-10-14-27)29(53-31)17-28-30(20-47-18-26-11-7-5-8-12-26)54-37(33(28)50-23(2)42)40-16-15-32(45)39-38(40)46/h5-16,28-31,33-37H,17-21H2,1-4H3,(H,39,45,46)/t28-,29-,30-,31-,33-,34+,35-,36-,37-/m1/s1. The lowest BCUT2D eigenvalue weighted by molar-refractivity contribution is -0.261. The fourth-order valence-electron chi connectivity index (χ4n) is 6.70. The fourth-order valence-corrected chi connectivity index (χ4v) is 6.70. The van der Waals surface area contributed by atoms with Crippen molar-refractivity contribution in [2.24, 2.45) is 5.92 Å². The summed E-state index contributed by atoms with van der Waals surface area (Å²) < 4.78 is 49.3. The average Bonchev–Trinajstić information content (AvgIpc) is 3.43. The number of nitrogens with zero attached hydrogens (tertiary/aromatic N) is 1. The minimum atomic E-state index is -1.26. The molecule has 5 rings (SSSR count). The van der Waals surface area contributed by atoms with Crippen LogP contribution in [0.1, 0.15) is 51.5 Å². The Balaban J connectivity index is 1.56. The van der Waals surface area contributed by atoms with Crippen LogP contribution in [-0.2, 0) is 70.3 Å². The monoisotopic (exact) mass is 752 g/mol. The van der Waals surface area contributed by atoms with E-state index in [0.717, 1.165) is 21.8 Å². The Morgan fingerprint density at radius 2 is 1.24 bits per heavy atom. The Morgan fingerprint density at radius 1 is 0.648 bits per heavy atom. The third kappa shape index (κ3) is 10.7. The van der Waals surface area contributed by atoms with Crippen LogP contribution in [0.15, 0.2) is 82.5 Å². The second kappa shape index (κ2) is 18.7. The van der Waals surface area contributed by atoms with Crippen molar-refractivity contribution in [3.63, 3.8) is 0 Å². The first-order valence-corrected chi connectivity index (χ1v) is 17.4. The first-order chi connectivity index (χ1) is 25.9. The summed E-state index contributed by atoms with van der Waals surface area (Å²) in [5.74, 6) is -3.50. The number of nitrogens with one attached hydrogen (secondary N) is 1. The molecule has 16 heteroatoms. The number of rotatable bonds is 15. The summed E-state index contributed by atoms with van der Waals surface area (Å²) >= 11 is 0. The normalized spacial score (nSPS) is 26.4. The van der Waals surface area contributed by atoms with Gasteiger partial charge in [0.15, 0.2) is 24.5 Å². The zero-order valence-electron chi connectivity index (χ0n) is 30.3. The lowest BCUT2D eigenvalue weighted by atomic mass is 9.85. The molecule has 1 aromatic heterocycles. The number of carbonyl (C=O) groups is 4. The number of aromatic nitrogens is 2. The predicted octanol–water partition coefficient (Wildman–Crippen LogP) is 2.37. The van der Waals surface area contributed by atoms with Crippen LogP contribution in [0, 0.1) is 5.92 Å². The molecule has 0 aliphatic carbocycles. The summed E-state index contributed by atoms with van der Waals surface area (Å²) in [7, 11) is 0. The van der Waals surface area contributed by atoms with Crippen LogP contribution in [0.3, 0.4) is 0 Å². The van der Waals surface area contributed by atoms with E-state index in [1.807, 2.05) is 60.7 Å². The molecular weight excluding hydrogens is 708 g/mol. The van der Waals surface area contributed by atoms with E-state index < -0.39 is 90.0 Å². The molecule has 0 spiro atoms. The smallest absolute Gasteiger partial charge is 0.330 e. The topological polar surface area (TPSA) is 197 Å². The van der Waals surface area contributed by atoms with Crippen molar-refractivity contribution in [1.82, 2.24) is 9.55 Å². The minimum absolute atomic E-state index is 0.0213. The van der Waals surface area contributed by atoms with Gasteiger partial charge in [0.25, 0.3) is 5.56 Å². The van der Waals surface area contributed by atoms with E-state index in [-0.39, 0.29) is 32.8 Å². The van der Waals surface area contributed by atoms with Crippen molar-refractivity contribution in [1.29, 1.82) is 0 Å². The molecule has 9 atom stereocenters. The van der Waals surface area contributed by atoms with Crippen LogP contribution in [0.2, 0.25) is 0 Å². The van der Waals surface area contributed by atoms with Crippen molar-refractivity contribution in [2.75, 3.05) is 13.2 Å². The van der Waals surface area contributed by atoms with Gasteiger partial charge >= 0.3 is 29.6 Å². The SMILES string of the molecule is CC(=O)OC[C@H]1O[C@H](C[C@H]2[C@@H](OC(C)=O)[C@H](n3ccc(=O)[nH]c3=O)O[C@@H]2COCc2ccccc2)[C@H](OCc2ccccc2)[C@@H](OC(C)=O)[C@@H]1OC(C)=O. The second-order valence-electron chi connectivity index (χ2n) is 13.0. The number of aromatic amines is 1. The molecule has 0 unspecified atom stereocenters. The molecule has 3 heterocycles. The zero-order chi connectivity index (χ0) is 38.8. The highest BCUT2D eigenvalue weighted by atomic mass is 16.7. The van der Waals surface area contributed by atoms with Gasteiger partial charge in [0.05, 0.1) is 32.0 Å². The maximum atomic E-state index is 13.1. The van der Waals surface area contributed by atoms with Crippen molar-refractivity contribution in [2.45, 2.75) is 96.3 Å². The van der Waals surface area contributed by atoms with E-state index in [4.69, 9.17) is 37.9 Å². The lowest BCUT2D eigenvalue weighted by Gasteiger charge is -2.46. The maximum absolute atomic E-state index is 13.1. The van der Waals surface area contributed by atoms with Crippen LogP contribution in [0.25, 0.3) is 0 Å². The second-order valence-corrected chi connectivity index (χ2v) is 13.0. The van der Waals surface area contributed by atoms with Gasteiger partial charge in [-0.3, -0.25) is 33.5 Å². The molecule has 0 radical (unpaired) electrons. The summed E-state index contributed by atoms with van der Waals surface area (Å²) in [5, 5.41) is 0. The first-order valence-electron chi connectivity index (χ1n) is 17.4. The van der Waals surface area contributed by atoms with Gasteiger partial charge in [-0.15, -0.1) is 0 Å². The van der Waals surface area contributed by atoms with Gasteiger partial charge in [0.1, 0.15) is 18.8 Å². The highest BCUT2D eigenvalue weighted by Gasteiger charge is 2.55. The van der Waals surface area contributed by atoms with E-state index in [0.29, 0.717) is 0 Å². The van der Waals surface area contributed by atoms with Crippen molar-refractivity contribution in [3.8, 4) is 0 Å². The zero-order valence-corrected chi connectivity index (χ0v) is 30.3. The Bertz CT molecular complexity index is 1850. The molecule has 0 saturated carbocycles. The third-order valence-corrected chi connectivity index (χ3v) is 8.89. The van der Waals surface area contributed by atoms with Crippen molar-refractivity contribution >= 4 is 23.9 Å². The van der Waals surface area contributed by atoms with E-state index in [2.05, 4.69) is 4.98 Å². The number of hydrogen-bond acceptors (Lipinski definition) is 14. The summed E-state index contributed by atoms with van der Waals surface area (Å²) in [4.78, 5) is 76.8. The number of ether oxygens (including phenoxy) is 8. The number of H-pyrrole nitrogens is 1. The minimum Gasteiger partial charge on any atom is -0.463 e. The van der Waals surface area contributed by atoms with E-state index >= 15 is 0 Å². The largest absolute Gasteiger partial charge is 0.463 e. The van der Waals surface area contributed by atoms with Gasteiger partial charge in [0.2, 0.25) is 0 Å². The third-order valence-electron chi connectivity index (χ3n) is 8.89. The van der Waals surface area contributed by atoms with E-state index in [9.17, 15) is 28.8 Å². The summed E-state index contributed by atoms with van der Waals surface area (Å²) in [6.45, 7) is 4.61. The molecule has 16 nitrogen and oxygen atoms in total. The number of esters is 4. The van der Waals surface area contributed by atoms with Crippen LogP contribution in [0.5, 0.6) is 0 Å². The van der Waals surface area contributed by atoms with Crippen LogP contribution >= 0.6 is 0 Å². The molecule has 2 aliphatic heterocycles. The summed E-state index contributed by atoms with van der Waals surface area (Å²) in [5.41, 5.74) is 0.226. The Kier molecular flexibility index (Phi) is 13.9. The average molecular weight is 753 g/mol. The number of benzene rings is 2. The molecular formula is C38H44N2O14. The van der Waals surface area contributed by atoms with Crippen LogP contribution < -0.4 is 11.2 Å². The van der Waals surface area contributed by atoms with Crippen LogP contribution in [-0.4, -0.2) is 89.4 Å². The maximum Gasteiger partial charge on any atom is 0.330 e. The number of hydrogen-bond donors (Lipinski definition) is 1. The molecule has 1 N–H and O–H groups in total. The van der Waals surface area contributed by atoms with Gasteiger partial charge in [-0.2, -0.15) is 0 Å². The highest BCUT2D eigenvalue weighted by Crippen LogP contribution is 2.42. The highest BCUT2D eigenvalue weighted by molar-refractivity contribution is 5.68. The molecule has 3 aromatic rings. The van der Waals surface area contributed by atoms with Crippen molar-refractivity contribution < 1.29 is 57.1 Å². The Labute approximate surface area is 310 Å². The van der Waals surface area contributed by atoms with Gasteiger partial charge in [-0.05, 0) is 17.5 Å². The Hall–Kier alpha value is -5.16. The van der Waals surface area contributed by atoms with E-state index in [1.54, 1.807) is 0 Å². The summed E-state index contributed by atoms with van der Waals surface area (Å²) in [6, 6.07) is 19.7. The summed E-state index contributed by atoms with van der Waals surface area (Å²) in [6.07, 6.45) is -7.74. The van der Waals surface area contributed by atoms with E-state index in [1.165, 1.54) is 33.9 Å². The van der Waals surface area contributed by atoms with Crippen molar-refractivity contribution in [3.05, 3.63) is 105 Å². The van der Waals surface area contributed by atoms with Gasteiger partial charge in [-0.25, -0.2) is 4.79 Å². The molecule has 0 bridgehead atoms.